The fourth-order valence-corrected chi connectivity index (χ4v) is 2.55. The number of anilines is 1. The van der Waals surface area contributed by atoms with Gasteiger partial charge in [0.05, 0.1) is 6.26 Å². The van der Waals surface area contributed by atoms with Crippen molar-refractivity contribution < 1.29 is 14.0 Å². The summed E-state index contributed by atoms with van der Waals surface area (Å²) in [6.07, 6.45) is 5.13. The zero-order chi connectivity index (χ0) is 16.8. The van der Waals surface area contributed by atoms with Crippen molar-refractivity contribution in [2.75, 3.05) is 37.6 Å². The van der Waals surface area contributed by atoms with Gasteiger partial charge in [-0.15, -0.1) is 0 Å². The number of hydrogen-bond donors (Lipinski definition) is 1. The monoisotopic (exact) mass is 329 g/mol. The molecule has 0 bridgehead atoms. The Morgan fingerprint density at radius 3 is 2.54 bits per heavy atom. The first-order valence-corrected chi connectivity index (χ1v) is 7.85. The van der Waals surface area contributed by atoms with E-state index in [1.165, 1.54) is 6.26 Å². The summed E-state index contributed by atoms with van der Waals surface area (Å²) in [5.74, 6) is 0.663. The SMILES string of the molecule is O=C(NCCC(=O)N1CCN(c2ncccn2)CC1)c1ccco1. The van der Waals surface area contributed by atoms with E-state index in [0.29, 0.717) is 38.7 Å². The summed E-state index contributed by atoms with van der Waals surface area (Å²) in [4.78, 5) is 36.2. The first-order valence-electron chi connectivity index (χ1n) is 7.85. The van der Waals surface area contributed by atoms with Gasteiger partial charge >= 0.3 is 0 Å². The minimum absolute atomic E-state index is 0.0309. The highest BCUT2D eigenvalue weighted by Crippen LogP contribution is 2.10. The highest BCUT2D eigenvalue weighted by molar-refractivity contribution is 5.91. The van der Waals surface area contributed by atoms with Crippen molar-refractivity contribution in [2.24, 2.45) is 0 Å². The number of amides is 2. The third-order valence-electron chi connectivity index (χ3n) is 3.84. The molecule has 126 valence electrons. The first kappa shape index (κ1) is 16.0. The van der Waals surface area contributed by atoms with Crippen LogP contribution in [0.3, 0.4) is 0 Å². The largest absolute Gasteiger partial charge is 0.459 e. The Labute approximate surface area is 139 Å². The van der Waals surface area contributed by atoms with Gasteiger partial charge in [0.2, 0.25) is 11.9 Å². The fraction of sp³-hybridized carbons (Fsp3) is 0.375. The van der Waals surface area contributed by atoms with E-state index in [1.807, 2.05) is 0 Å². The summed E-state index contributed by atoms with van der Waals surface area (Å²) in [5, 5.41) is 2.68. The first-order chi connectivity index (χ1) is 11.7. The summed E-state index contributed by atoms with van der Waals surface area (Å²) < 4.78 is 5.00. The third kappa shape index (κ3) is 3.89. The Morgan fingerprint density at radius 2 is 1.88 bits per heavy atom. The van der Waals surface area contributed by atoms with E-state index >= 15 is 0 Å². The normalized spacial score (nSPS) is 14.5. The topological polar surface area (TPSA) is 91.6 Å². The Morgan fingerprint density at radius 1 is 1.12 bits per heavy atom. The Bertz CT molecular complexity index is 666. The number of carbonyl (C=O) groups excluding carboxylic acids is 2. The van der Waals surface area contributed by atoms with E-state index in [-0.39, 0.29) is 24.0 Å². The van der Waals surface area contributed by atoms with Crippen LogP contribution >= 0.6 is 0 Å². The summed E-state index contributed by atoms with van der Waals surface area (Å²) in [7, 11) is 0. The molecule has 0 unspecified atom stereocenters. The molecule has 24 heavy (non-hydrogen) atoms. The molecular formula is C16H19N5O3. The van der Waals surface area contributed by atoms with Crippen LogP contribution in [0.15, 0.2) is 41.3 Å². The smallest absolute Gasteiger partial charge is 0.286 e. The fourth-order valence-electron chi connectivity index (χ4n) is 2.55. The molecule has 0 spiro atoms. The highest BCUT2D eigenvalue weighted by atomic mass is 16.3. The van der Waals surface area contributed by atoms with Gasteiger partial charge in [-0.05, 0) is 18.2 Å². The van der Waals surface area contributed by atoms with Crippen LogP contribution in [0.1, 0.15) is 17.0 Å². The van der Waals surface area contributed by atoms with E-state index < -0.39 is 0 Å². The van der Waals surface area contributed by atoms with Gasteiger partial charge in [0.15, 0.2) is 5.76 Å². The Kier molecular flexibility index (Phi) is 5.05. The van der Waals surface area contributed by atoms with Crippen molar-refractivity contribution in [1.82, 2.24) is 20.2 Å². The van der Waals surface area contributed by atoms with E-state index in [9.17, 15) is 9.59 Å². The molecule has 8 nitrogen and oxygen atoms in total. The highest BCUT2D eigenvalue weighted by Gasteiger charge is 2.22. The molecule has 8 heteroatoms. The molecular weight excluding hydrogens is 310 g/mol. The van der Waals surface area contributed by atoms with Crippen molar-refractivity contribution in [1.29, 1.82) is 0 Å². The molecule has 0 saturated carbocycles. The van der Waals surface area contributed by atoms with Crippen molar-refractivity contribution in [3.63, 3.8) is 0 Å². The van der Waals surface area contributed by atoms with Crippen molar-refractivity contribution >= 4 is 17.8 Å². The van der Waals surface area contributed by atoms with Crippen molar-refractivity contribution in [2.45, 2.75) is 6.42 Å². The molecule has 2 aromatic rings. The maximum atomic E-state index is 12.2. The number of piperazine rings is 1. The van der Waals surface area contributed by atoms with Gasteiger partial charge in [-0.2, -0.15) is 0 Å². The van der Waals surface area contributed by atoms with Crippen LogP contribution in [0.2, 0.25) is 0 Å². The van der Waals surface area contributed by atoms with Gasteiger partial charge in [0.25, 0.3) is 5.91 Å². The quantitative estimate of drug-likeness (QED) is 0.861. The van der Waals surface area contributed by atoms with Crippen molar-refractivity contribution in [3.8, 4) is 0 Å². The predicted molar refractivity (Wildman–Crippen MR) is 86.5 cm³/mol. The molecule has 0 radical (unpaired) electrons. The van der Waals surface area contributed by atoms with Gasteiger partial charge in [0, 0.05) is 51.5 Å². The number of nitrogens with zero attached hydrogens (tertiary/aromatic N) is 4. The van der Waals surface area contributed by atoms with Gasteiger partial charge in [0.1, 0.15) is 0 Å². The number of rotatable bonds is 5. The minimum Gasteiger partial charge on any atom is -0.459 e. The van der Waals surface area contributed by atoms with Gasteiger partial charge in [-0.1, -0.05) is 0 Å². The summed E-state index contributed by atoms with van der Waals surface area (Å²) in [5.41, 5.74) is 0. The molecule has 1 N–H and O–H groups in total. The number of aromatic nitrogens is 2. The second kappa shape index (κ2) is 7.58. The molecule has 0 atom stereocenters. The average molecular weight is 329 g/mol. The number of hydrogen-bond acceptors (Lipinski definition) is 6. The lowest BCUT2D eigenvalue weighted by Gasteiger charge is -2.34. The van der Waals surface area contributed by atoms with Gasteiger partial charge < -0.3 is 19.5 Å². The molecule has 0 aliphatic carbocycles. The van der Waals surface area contributed by atoms with Crippen LogP contribution in [0.4, 0.5) is 5.95 Å². The second-order valence-corrected chi connectivity index (χ2v) is 5.40. The van der Waals surface area contributed by atoms with Crippen LogP contribution in [0.5, 0.6) is 0 Å². The van der Waals surface area contributed by atoms with Crippen LogP contribution in [0.25, 0.3) is 0 Å². The maximum absolute atomic E-state index is 12.2. The van der Waals surface area contributed by atoms with E-state index in [0.717, 1.165) is 0 Å². The molecule has 1 saturated heterocycles. The van der Waals surface area contributed by atoms with Crippen LogP contribution in [0, 0.1) is 0 Å². The van der Waals surface area contributed by atoms with E-state index in [2.05, 4.69) is 20.2 Å². The standard InChI is InChI=1S/C16H19N5O3/c22-14(4-7-17-15(23)13-3-1-12-24-13)20-8-10-21(11-9-20)16-18-5-2-6-19-16/h1-3,5-6,12H,4,7-11H2,(H,17,23). The lowest BCUT2D eigenvalue weighted by atomic mass is 10.2. The Hall–Kier alpha value is -2.90. The molecule has 3 heterocycles. The van der Waals surface area contributed by atoms with Crippen LogP contribution in [-0.4, -0.2) is 59.4 Å². The second-order valence-electron chi connectivity index (χ2n) is 5.40. The summed E-state index contributed by atoms with van der Waals surface area (Å²) >= 11 is 0. The number of furan rings is 1. The lowest BCUT2D eigenvalue weighted by molar-refractivity contribution is -0.131. The lowest BCUT2D eigenvalue weighted by Crippen LogP contribution is -2.49. The maximum Gasteiger partial charge on any atom is 0.286 e. The van der Waals surface area contributed by atoms with Crippen molar-refractivity contribution in [3.05, 3.63) is 42.6 Å². The molecule has 1 aliphatic rings. The Balaban J connectivity index is 1.40. The minimum atomic E-state index is -0.307. The zero-order valence-corrected chi connectivity index (χ0v) is 13.2. The predicted octanol–water partition coefficient (Wildman–Crippen LogP) is 0.538. The third-order valence-corrected chi connectivity index (χ3v) is 3.84. The molecule has 1 fully saturated rings. The molecule has 2 amide bonds. The van der Waals surface area contributed by atoms with Crippen LogP contribution < -0.4 is 10.2 Å². The average Bonchev–Trinajstić information content (AvgIpc) is 3.17. The molecule has 1 aliphatic heterocycles. The summed E-state index contributed by atoms with van der Waals surface area (Å²) in [6.45, 7) is 2.95. The zero-order valence-electron chi connectivity index (χ0n) is 13.2. The number of carbonyl (C=O) groups is 2. The van der Waals surface area contributed by atoms with E-state index in [1.54, 1.807) is 35.5 Å². The van der Waals surface area contributed by atoms with Gasteiger partial charge in [-0.3, -0.25) is 9.59 Å². The molecule has 3 rings (SSSR count). The van der Waals surface area contributed by atoms with E-state index in [4.69, 9.17) is 4.42 Å². The van der Waals surface area contributed by atoms with Crippen LogP contribution in [-0.2, 0) is 4.79 Å². The van der Waals surface area contributed by atoms with Gasteiger partial charge in [-0.25, -0.2) is 9.97 Å². The molecule has 0 aromatic carbocycles. The number of nitrogens with one attached hydrogen (secondary N) is 1. The summed E-state index contributed by atoms with van der Waals surface area (Å²) in [6, 6.07) is 5.01. The molecule has 2 aromatic heterocycles.